The Morgan fingerprint density at radius 3 is 2.24 bits per heavy atom. The Morgan fingerprint density at radius 1 is 0.897 bits per heavy atom. The van der Waals surface area contributed by atoms with Gasteiger partial charge in [0.1, 0.15) is 17.6 Å². The molecule has 160 valence electrons. The fourth-order valence-corrected chi connectivity index (χ4v) is 5.16. The highest BCUT2D eigenvalue weighted by Crippen LogP contribution is 2.31. The summed E-state index contributed by atoms with van der Waals surface area (Å²) < 4.78 is 11.8. The molecule has 0 spiro atoms. The molecule has 4 rings (SSSR count). The van der Waals surface area contributed by atoms with E-state index in [0.717, 1.165) is 63.7 Å². The number of likely N-dealkylation sites (tertiary alicyclic amines) is 2. The molecule has 0 N–H and O–H groups in total. The molecule has 3 aliphatic rings. The largest absolute Gasteiger partial charge is 0.497 e. The van der Waals surface area contributed by atoms with E-state index in [9.17, 15) is 4.79 Å². The van der Waals surface area contributed by atoms with Crippen LogP contribution in [0.25, 0.3) is 0 Å². The third-order valence-electron chi connectivity index (χ3n) is 6.92. The molecule has 0 bridgehead atoms. The van der Waals surface area contributed by atoms with Crippen molar-refractivity contribution in [2.45, 2.75) is 76.4 Å². The lowest BCUT2D eigenvalue weighted by Crippen LogP contribution is -2.43. The van der Waals surface area contributed by atoms with Gasteiger partial charge in [-0.05, 0) is 56.7 Å². The van der Waals surface area contributed by atoms with Gasteiger partial charge in [0.2, 0.25) is 0 Å². The molecule has 1 aromatic carbocycles. The summed E-state index contributed by atoms with van der Waals surface area (Å²) in [6.45, 7) is 3.91. The van der Waals surface area contributed by atoms with E-state index in [1.54, 1.807) is 7.11 Å². The molecule has 0 unspecified atom stereocenters. The molecule has 29 heavy (non-hydrogen) atoms. The van der Waals surface area contributed by atoms with Crippen molar-refractivity contribution in [3.05, 3.63) is 23.8 Å². The maximum Gasteiger partial charge on any atom is 0.257 e. The molecule has 5 nitrogen and oxygen atoms in total. The second-order valence-electron chi connectivity index (χ2n) is 8.86. The number of hydrogen-bond donors (Lipinski definition) is 0. The molecule has 2 heterocycles. The van der Waals surface area contributed by atoms with E-state index < -0.39 is 0 Å². The minimum Gasteiger partial charge on any atom is -0.497 e. The molecule has 0 atom stereocenters. The number of benzene rings is 1. The number of nitrogens with zero attached hydrogens (tertiary/aromatic N) is 2. The van der Waals surface area contributed by atoms with Gasteiger partial charge in [-0.2, -0.15) is 0 Å². The van der Waals surface area contributed by atoms with Gasteiger partial charge >= 0.3 is 0 Å². The Labute approximate surface area is 175 Å². The lowest BCUT2D eigenvalue weighted by Gasteiger charge is -2.36. The number of carbonyl (C=O) groups excluding carboxylic acids is 1. The van der Waals surface area contributed by atoms with E-state index in [1.165, 1.54) is 38.5 Å². The van der Waals surface area contributed by atoms with Gasteiger partial charge in [0.15, 0.2) is 0 Å². The Hall–Kier alpha value is -1.75. The van der Waals surface area contributed by atoms with Crippen LogP contribution < -0.4 is 9.47 Å². The van der Waals surface area contributed by atoms with E-state index in [2.05, 4.69) is 4.90 Å². The predicted molar refractivity (Wildman–Crippen MR) is 115 cm³/mol. The summed E-state index contributed by atoms with van der Waals surface area (Å²) in [6, 6.07) is 6.48. The van der Waals surface area contributed by atoms with Crippen LogP contribution in [0.15, 0.2) is 18.2 Å². The zero-order chi connectivity index (χ0) is 20.1. The van der Waals surface area contributed by atoms with Crippen molar-refractivity contribution in [1.82, 2.24) is 9.80 Å². The highest BCUT2D eigenvalue weighted by atomic mass is 16.5. The summed E-state index contributed by atoms with van der Waals surface area (Å²) in [6.07, 6.45) is 12.4. The summed E-state index contributed by atoms with van der Waals surface area (Å²) in [5, 5.41) is 0. The van der Waals surface area contributed by atoms with Crippen molar-refractivity contribution in [3.63, 3.8) is 0 Å². The molecule has 5 heteroatoms. The van der Waals surface area contributed by atoms with Crippen LogP contribution in [0.5, 0.6) is 11.5 Å². The Morgan fingerprint density at radius 2 is 1.59 bits per heavy atom. The van der Waals surface area contributed by atoms with Gasteiger partial charge in [-0.1, -0.05) is 25.7 Å². The molecule has 0 radical (unpaired) electrons. The Balaban J connectivity index is 1.43. The fourth-order valence-electron chi connectivity index (χ4n) is 5.16. The number of carbonyl (C=O) groups is 1. The van der Waals surface area contributed by atoms with Crippen LogP contribution >= 0.6 is 0 Å². The normalized spacial score (nSPS) is 22.4. The number of hydrogen-bond acceptors (Lipinski definition) is 4. The topological polar surface area (TPSA) is 42.0 Å². The number of amides is 1. The standard InChI is InChI=1S/C24H36N2O3/c1-28-21-10-11-23(22(18-21)24(27)26-14-6-2-3-7-15-26)29-20-12-16-25(17-13-20)19-8-4-5-9-19/h10-11,18-20H,2-9,12-17H2,1H3. The minimum absolute atomic E-state index is 0.0872. The minimum atomic E-state index is 0.0872. The van der Waals surface area contributed by atoms with Crippen molar-refractivity contribution in [2.24, 2.45) is 0 Å². The highest BCUT2D eigenvalue weighted by molar-refractivity contribution is 5.97. The van der Waals surface area contributed by atoms with Crippen molar-refractivity contribution < 1.29 is 14.3 Å². The first-order valence-corrected chi connectivity index (χ1v) is 11.6. The number of methoxy groups -OCH3 is 1. The highest BCUT2D eigenvalue weighted by Gasteiger charge is 2.29. The second-order valence-corrected chi connectivity index (χ2v) is 8.86. The summed E-state index contributed by atoms with van der Waals surface area (Å²) in [5.74, 6) is 1.52. The second kappa shape index (κ2) is 9.84. The first-order valence-electron chi connectivity index (χ1n) is 11.6. The van der Waals surface area contributed by atoms with Crippen LogP contribution in [0, 0.1) is 0 Å². The molecule has 1 amide bonds. The first-order chi connectivity index (χ1) is 14.2. The van der Waals surface area contributed by atoms with Gasteiger partial charge in [0, 0.05) is 32.2 Å². The van der Waals surface area contributed by atoms with Crippen LogP contribution in [0.1, 0.15) is 74.6 Å². The predicted octanol–water partition coefficient (Wildman–Crippen LogP) is 4.50. The molecule has 2 saturated heterocycles. The van der Waals surface area contributed by atoms with Crippen LogP contribution in [0.4, 0.5) is 0 Å². The zero-order valence-electron chi connectivity index (χ0n) is 17.9. The van der Waals surface area contributed by atoms with Gasteiger partial charge in [-0.15, -0.1) is 0 Å². The Bertz CT molecular complexity index is 671. The van der Waals surface area contributed by atoms with Crippen LogP contribution in [-0.2, 0) is 0 Å². The third-order valence-corrected chi connectivity index (χ3v) is 6.92. The van der Waals surface area contributed by atoms with Crippen molar-refractivity contribution in [2.75, 3.05) is 33.3 Å². The van der Waals surface area contributed by atoms with Crippen LogP contribution in [0.3, 0.4) is 0 Å². The molecule has 1 aromatic rings. The maximum atomic E-state index is 13.3. The Kier molecular flexibility index (Phi) is 6.96. The smallest absolute Gasteiger partial charge is 0.257 e. The quantitative estimate of drug-likeness (QED) is 0.730. The molecular weight excluding hydrogens is 364 g/mol. The lowest BCUT2D eigenvalue weighted by atomic mass is 10.0. The SMILES string of the molecule is COc1ccc(OC2CCN(C3CCCC3)CC2)c(C(=O)N2CCCCCC2)c1. The zero-order valence-corrected chi connectivity index (χ0v) is 17.9. The van der Waals surface area contributed by atoms with E-state index >= 15 is 0 Å². The van der Waals surface area contributed by atoms with Crippen molar-refractivity contribution in [1.29, 1.82) is 0 Å². The van der Waals surface area contributed by atoms with Gasteiger partial charge in [-0.3, -0.25) is 4.79 Å². The number of ether oxygens (including phenoxy) is 2. The van der Waals surface area contributed by atoms with Gasteiger partial charge in [0.25, 0.3) is 5.91 Å². The van der Waals surface area contributed by atoms with Gasteiger partial charge in [-0.25, -0.2) is 0 Å². The molecular formula is C24H36N2O3. The first kappa shape index (κ1) is 20.5. The summed E-state index contributed by atoms with van der Waals surface area (Å²) >= 11 is 0. The molecule has 0 aromatic heterocycles. The number of rotatable bonds is 5. The summed E-state index contributed by atoms with van der Waals surface area (Å²) in [4.78, 5) is 17.9. The van der Waals surface area contributed by atoms with E-state index in [0.29, 0.717) is 11.3 Å². The molecule has 1 aliphatic carbocycles. The average Bonchev–Trinajstić information content (AvgIpc) is 3.16. The van der Waals surface area contributed by atoms with Crippen LogP contribution in [-0.4, -0.2) is 61.1 Å². The average molecular weight is 401 g/mol. The van der Waals surface area contributed by atoms with Crippen molar-refractivity contribution in [3.8, 4) is 11.5 Å². The maximum absolute atomic E-state index is 13.3. The van der Waals surface area contributed by atoms with E-state index in [4.69, 9.17) is 9.47 Å². The molecule has 3 fully saturated rings. The lowest BCUT2D eigenvalue weighted by molar-refractivity contribution is 0.0697. The molecule has 1 saturated carbocycles. The number of piperidine rings is 1. The van der Waals surface area contributed by atoms with E-state index in [-0.39, 0.29) is 12.0 Å². The third kappa shape index (κ3) is 5.06. The summed E-state index contributed by atoms with van der Waals surface area (Å²) in [7, 11) is 1.65. The fraction of sp³-hybridized carbons (Fsp3) is 0.708. The monoisotopic (exact) mass is 400 g/mol. The molecule has 2 aliphatic heterocycles. The van der Waals surface area contributed by atoms with Crippen molar-refractivity contribution >= 4 is 5.91 Å². The summed E-state index contributed by atoms with van der Waals surface area (Å²) in [5.41, 5.74) is 0.657. The van der Waals surface area contributed by atoms with Gasteiger partial charge < -0.3 is 19.3 Å². The van der Waals surface area contributed by atoms with Crippen LogP contribution in [0.2, 0.25) is 0 Å². The van der Waals surface area contributed by atoms with Gasteiger partial charge in [0.05, 0.1) is 12.7 Å². The van der Waals surface area contributed by atoms with E-state index in [1.807, 2.05) is 23.1 Å².